The van der Waals surface area contributed by atoms with Crippen LogP contribution < -0.4 is 23.8 Å². The zero-order valence-electron chi connectivity index (χ0n) is 18.9. The standard InChI is InChI=1S/C26H24N2O5/c1-30-20-10-5-17(6-11-20)25-27-23(15-18-7-12-22(32-3)16-24(18)33-4)26(29)28(25)19-8-13-21(31-2)14-9-19/h5-16H,1-4H3/b23-15+. The Morgan fingerprint density at radius 3 is 1.88 bits per heavy atom. The van der Waals surface area contributed by atoms with Gasteiger partial charge >= 0.3 is 0 Å². The van der Waals surface area contributed by atoms with E-state index in [0.717, 1.165) is 16.9 Å². The zero-order chi connectivity index (χ0) is 23.4. The van der Waals surface area contributed by atoms with Crippen LogP contribution in [0.1, 0.15) is 11.1 Å². The van der Waals surface area contributed by atoms with Gasteiger partial charge in [0.05, 0.1) is 34.1 Å². The molecule has 0 bridgehead atoms. The van der Waals surface area contributed by atoms with Gasteiger partial charge in [0.2, 0.25) is 0 Å². The first-order valence-corrected chi connectivity index (χ1v) is 10.2. The van der Waals surface area contributed by atoms with E-state index in [9.17, 15) is 4.79 Å². The number of rotatable bonds is 7. The topological polar surface area (TPSA) is 69.6 Å². The van der Waals surface area contributed by atoms with Crippen molar-refractivity contribution < 1.29 is 23.7 Å². The van der Waals surface area contributed by atoms with Crippen LogP contribution >= 0.6 is 0 Å². The summed E-state index contributed by atoms with van der Waals surface area (Å²) in [5, 5.41) is 0. The predicted molar refractivity (Wildman–Crippen MR) is 128 cm³/mol. The molecule has 3 aromatic rings. The highest BCUT2D eigenvalue weighted by atomic mass is 16.5. The van der Waals surface area contributed by atoms with E-state index < -0.39 is 0 Å². The van der Waals surface area contributed by atoms with Gasteiger partial charge in [-0.05, 0) is 66.7 Å². The number of benzene rings is 3. The molecule has 7 heteroatoms. The lowest BCUT2D eigenvalue weighted by Crippen LogP contribution is -2.32. The van der Waals surface area contributed by atoms with Gasteiger partial charge in [-0.2, -0.15) is 0 Å². The maximum absolute atomic E-state index is 13.5. The molecular formula is C26H24N2O5. The van der Waals surface area contributed by atoms with E-state index >= 15 is 0 Å². The number of nitrogens with zero attached hydrogens (tertiary/aromatic N) is 2. The highest BCUT2D eigenvalue weighted by Crippen LogP contribution is 2.32. The van der Waals surface area contributed by atoms with Gasteiger partial charge in [0.1, 0.15) is 34.5 Å². The van der Waals surface area contributed by atoms with E-state index in [1.165, 1.54) is 0 Å². The van der Waals surface area contributed by atoms with E-state index in [-0.39, 0.29) is 5.91 Å². The molecule has 33 heavy (non-hydrogen) atoms. The van der Waals surface area contributed by atoms with Gasteiger partial charge in [0.15, 0.2) is 0 Å². The number of carbonyl (C=O) groups is 1. The third-order valence-corrected chi connectivity index (χ3v) is 5.27. The number of hydrogen-bond donors (Lipinski definition) is 0. The summed E-state index contributed by atoms with van der Waals surface area (Å²) in [4.78, 5) is 19.8. The number of amidine groups is 1. The lowest BCUT2D eigenvalue weighted by Gasteiger charge is -2.19. The number of methoxy groups -OCH3 is 4. The van der Waals surface area contributed by atoms with Crippen LogP contribution in [0.4, 0.5) is 5.69 Å². The molecule has 0 atom stereocenters. The highest BCUT2D eigenvalue weighted by molar-refractivity contribution is 6.33. The summed E-state index contributed by atoms with van der Waals surface area (Å²) in [6.07, 6.45) is 1.72. The predicted octanol–water partition coefficient (Wildman–Crippen LogP) is 4.56. The minimum absolute atomic E-state index is 0.246. The number of anilines is 1. The number of amides is 1. The molecule has 1 heterocycles. The van der Waals surface area contributed by atoms with Gasteiger partial charge in [-0.15, -0.1) is 0 Å². The molecule has 0 aliphatic carbocycles. The van der Waals surface area contributed by atoms with E-state index in [0.29, 0.717) is 34.5 Å². The van der Waals surface area contributed by atoms with Crippen molar-refractivity contribution in [3.8, 4) is 23.0 Å². The van der Waals surface area contributed by atoms with Crippen LogP contribution in [0.3, 0.4) is 0 Å². The Bertz CT molecular complexity index is 1210. The molecule has 1 amide bonds. The van der Waals surface area contributed by atoms with Gasteiger partial charge in [-0.3, -0.25) is 9.69 Å². The fourth-order valence-electron chi connectivity index (χ4n) is 3.51. The second kappa shape index (κ2) is 9.48. The van der Waals surface area contributed by atoms with Crippen molar-refractivity contribution in [2.45, 2.75) is 0 Å². The molecule has 0 unspecified atom stereocenters. The van der Waals surface area contributed by atoms with Crippen LogP contribution in [0.25, 0.3) is 6.08 Å². The first-order chi connectivity index (χ1) is 16.1. The van der Waals surface area contributed by atoms with Crippen molar-refractivity contribution in [3.63, 3.8) is 0 Å². The maximum atomic E-state index is 13.5. The molecule has 0 aromatic heterocycles. The zero-order valence-corrected chi connectivity index (χ0v) is 18.9. The molecule has 0 saturated heterocycles. The summed E-state index contributed by atoms with van der Waals surface area (Å²) < 4.78 is 21.3. The summed E-state index contributed by atoms with van der Waals surface area (Å²) >= 11 is 0. The first-order valence-electron chi connectivity index (χ1n) is 10.2. The summed E-state index contributed by atoms with van der Waals surface area (Å²) in [6.45, 7) is 0. The monoisotopic (exact) mass is 444 g/mol. The second-order valence-electron chi connectivity index (χ2n) is 7.14. The van der Waals surface area contributed by atoms with Crippen LogP contribution in [-0.2, 0) is 4.79 Å². The molecule has 168 valence electrons. The van der Waals surface area contributed by atoms with Crippen molar-refractivity contribution in [2.75, 3.05) is 33.3 Å². The molecule has 0 saturated carbocycles. The number of hydrogen-bond acceptors (Lipinski definition) is 6. The Labute approximate surface area is 192 Å². The number of ether oxygens (including phenoxy) is 4. The van der Waals surface area contributed by atoms with Crippen molar-refractivity contribution in [1.82, 2.24) is 0 Å². The lowest BCUT2D eigenvalue weighted by atomic mass is 10.1. The van der Waals surface area contributed by atoms with E-state index in [2.05, 4.69) is 0 Å². The van der Waals surface area contributed by atoms with Crippen molar-refractivity contribution in [1.29, 1.82) is 0 Å². The van der Waals surface area contributed by atoms with Gasteiger partial charge < -0.3 is 18.9 Å². The molecule has 7 nitrogen and oxygen atoms in total. The smallest absolute Gasteiger partial charge is 0.282 e. The SMILES string of the molecule is COc1ccc(C2=N/C(=C/c3ccc(OC)cc3OC)C(=O)N2c2ccc(OC)cc2)cc1. The Balaban J connectivity index is 1.80. The third kappa shape index (κ3) is 4.39. The molecule has 0 N–H and O–H groups in total. The van der Waals surface area contributed by atoms with Gasteiger partial charge in [-0.25, -0.2) is 4.99 Å². The lowest BCUT2D eigenvalue weighted by molar-refractivity contribution is -0.113. The van der Waals surface area contributed by atoms with E-state index in [4.69, 9.17) is 23.9 Å². The largest absolute Gasteiger partial charge is 0.497 e. The van der Waals surface area contributed by atoms with Crippen molar-refractivity contribution in [3.05, 3.63) is 83.6 Å². The molecule has 1 aliphatic heterocycles. The molecule has 0 spiro atoms. The van der Waals surface area contributed by atoms with Crippen LogP contribution in [0.2, 0.25) is 0 Å². The second-order valence-corrected chi connectivity index (χ2v) is 7.14. The van der Waals surface area contributed by atoms with Gasteiger partial charge in [0, 0.05) is 17.2 Å². The quantitative estimate of drug-likeness (QED) is 0.500. The Morgan fingerprint density at radius 1 is 0.727 bits per heavy atom. The van der Waals surface area contributed by atoms with Crippen LogP contribution in [0.5, 0.6) is 23.0 Å². The number of carbonyl (C=O) groups excluding carboxylic acids is 1. The average molecular weight is 444 g/mol. The Kier molecular flexibility index (Phi) is 6.31. The van der Waals surface area contributed by atoms with Crippen LogP contribution in [0, 0.1) is 0 Å². The van der Waals surface area contributed by atoms with Crippen molar-refractivity contribution >= 4 is 23.5 Å². The third-order valence-electron chi connectivity index (χ3n) is 5.27. The fourth-order valence-corrected chi connectivity index (χ4v) is 3.51. The summed E-state index contributed by atoms with van der Waals surface area (Å²) in [6, 6.07) is 20.1. The fraction of sp³-hybridized carbons (Fsp3) is 0.154. The molecule has 1 aliphatic rings. The normalized spacial score (nSPS) is 14.3. The maximum Gasteiger partial charge on any atom is 0.282 e. The summed E-state index contributed by atoms with van der Waals surface area (Å²) in [5.74, 6) is 2.94. The summed E-state index contributed by atoms with van der Waals surface area (Å²) in [5.41, 5.74) is 2.47. The Hall–Kier alpha value is -4.26. The molecule has 0 radical (unpaired) electrons. The van der Waals surface area contributed by atoms with Crippen LogP contribution in [0.15, 0.2) is 77.4 Å². The minimum Gasteiger partial charge on any atom is -0.497 e. The number of aliphatic imine (C=N–C) groups is 1. The van der Waals surface area contributed by atoms with Gasteiger partial charge in [-0.1, -0.05) is 0 Å². The molecular weight excluding hydrogens is 420 g/mol. The molecule has 3 aromatic carbocycles. The van der Waals surface area contributed by atoms with Crippen molar-refractivity contribution in [2.24, 2.45) is 4.99 Å². The Morgan fingerprint density at radius 2 is 1.30 bits per heavy atom. The average Bonchev–Trinajstić information content (AvgIpc) is 3.20. The first kappa shape index (κ1) is 22.0. The molecule has 4 rings (SSSR count). The van der Waals surface area contributed by atoms with E-state index in [1.807, 2.05) is 60.7 Å². The van der Waals surface area contributed by atoms with E-state index in [1.54, 1.807) is 45.5 Å². The van der Waals surface area contributed by atoms with Crippen LogP contribution in [-0.4, -0.2) is 40.2 Å². The molecule has 0 fully saturated rings. The highest BCUT2D eigenvalue weighted by Gasteiger charge is 2.32. The van der Waals surface area contributed by atoms with Gasteiger partial charge in [0.25, 0.3) is 5.91 Å². The minimum atomic E-state index is -0.246. The summed E-state index contributed by atoms with van der Waals surface area (Å²) in [7, 11) is 6.37.